The smallest absolute Gasteiger partial charge is 0.227 e. The SMILES string of the molecule is Cc1ccc2c(n1)oc1c(-c3ccc4sccc4c3)cccc12. The van der Waals surface area contributed by atoms with Crippen LogP contribution >= 0.6 is 11.3 Å². The second-order valence-corrected chi connectivity index (χ2v) is 6.71. The van der Waals surface area contributed by atoms with Gasteiger partial charge in [-0.3, -0.25) is 0 Å². The molecule has 2 nitrogen and oxygen atoms in total. The zero-order valence-electron chi connectivity index (χ0n) is 12.5. The lowest BCUT2D eigenvalue weighted by molar-refractivity contribution is 0.653. The molecule has 0 radical (unpaired) electrons. The molecule has 5 rings (SSSR count). The molecule has 3 heterocycles. The van der Waals surface area contributed by atoms with E-state index in [0.717, 1.165) is 27.6 Å². The number of para-hydroxylation sites is 1. The summed E-state index contributed by atoms with van der Waals surface area (Å²) in [5.74, 6) is 0. The largest absolute Gasteiger partial charge is 0.437 e. The number of aromatic nitrogens is 1. The Labute approximate surface area is 137 Å². The maximum absolute atomic E-state index is 6.10. The van der Waals surface area contributed by atoms with Gasteiger partial charge in [-0.2, -0.15) is 0 Å². The van der Waals surface area contributed by atoms with Crippen LogP contribution in [0.25, 0.3) is 43.3 Å². The first-order chi connectivity index (χ1) is 11.3. The van der Waals surface area contributed by atoms with E-state index in [1.807, 2.05) is 13.0 Å². The van der Waals surface area contributed by atoms with E-state index in [1.54, 1.807) is 11.3 Å². The van der Waals surface area contributed by atoms with E-state index in [4.69, 9.17) is 4.42 Å². The highest BCUT2D eigenvalue weighted by atomic mass is 32.1. The van der Waals surface area contributed by atoms with Gasteiger partial charge in [0, 0.05) is 26.7 Å². The summed E-state index contributed by atoms with van der Waals surface area (Å²) in [5, 5.41) is 5.59. The lowest BCUT2D eigenvalue weighted by Crippen LogP contribution is -1.78. The second-order valence-electron chi connectivity index (χ2n) is 5.76. The van der Waals surface area contributed by atoms with E-state index >= 15 is 0 Å². The first kappa shape index (κ1) is 12.9. The van der Waals surface area contributed by atoms with Crippen LogP contribution in [0.3, 0.4) is 0 Å². The maximum Gasteiger partial charge on any atom is 0.227 e. The third kappa shape index (κ3) is 1.90. The molecule has 0 saturated carbocycles. The fourth-order valence-corrected chi connectivity index (χ4v) is 3.90. The number of nitrogens with zero attached hydrogens (tertiary/aromatic N) is 1. The number of aryl methyl sites for hydroxylation is 1. The zero-order valence-corrected chi connectivity index (χ0v) is 13.4. The van der Waals surface area contributed by atoms with Gasteiger partial charge in [0.15, 0.2) is 0 Å². The molecule has 0 aliphatic rings. The lowest BCUT2D eigenvalue weighted by Gasteiger charge is -2.03. The van der Waals surface area contributed by atoms with Crippen molar-refractivity contribution >= 4 is 43.5 Å². The number of benzene rings is 2. The number of hydrogen-bond acceptors (Lipinski definition) is 3. The molecule has 5 aromatic rings. The van der Waals surface area contributed by atoms with Crippen LogP contribution in [0.4, 0.5) is 0 Å². The second kappa shape index (κ2) is 4.67. The van der Waals surface area contributed by atoms with Crippen molar-refractivity contribution in [2.75, 3.05) is 0 Å². The summed E-state index contributed by atoms with van der Waals surface area (Å²) < 4.78 is 7.41. The van der Waals surface area contributed by atoms with E-state index in [1.165, 1.54) is 15.6 Å². The average Bonchev–Trinajstić information content (AvgIpc) is 3.17. The van der Waals surface area contributed by atoms with Gasteiger partial charge in [0.1, 0.15) is 5.58 Å². The number of rotatable bonds is 1. The molecule has 0 atom stereocenters. The van der Waals surface area contributed by atoms with E-state index in [9.17, 15) is 0 Å². The van der Waals surface area contributed by atoms with Crippen molar-refractivity contribution in [3.05, 3.63) is 65.7 Å². The van der Waals surface area contributed by atoms with E-state index in [-0.39, 0.29) is 0 Å². The summed E-state index contributed by atoms with van der Waals surface area (Å²) in [4.78, 5) is 4.52. The van der Waals surface area contributed by atoms with Crippen LogP contribution in [-0.4, -0.2) is 4.98 Å². The molecule has 0 unspecified atom stereocenters. The standard InChI is InChI=1S/C20H13NOS/c1-12-5-7-17-16-4-2-3-15(19(16)22-20(17)21-12)13-6-8-18-14(11-13)9-10-23-18/h2-11H,1H3. The maximum atomic E-state index is 6.10. The topological polar surface area (TPSA) is 26.0 Å². The number of furan rings is 1. The van der Waals surface area contributed by atoms with Crippen LogP contribution in [0.2, 0.25) is 0 Å². The summed E-state index contributed by atoms with van der Waals surface area (Å²) in [7, 11) is 0. The average molecular weight is 315 g/mol. The van der Waals surface area contributed by atoms with Gasteiger partial charge in [-0.05, 0) is 53.6 Å². The van der Waals surface area contributed by atoms with Crippen LogP contribution in [0.1, 0.15) is 5.69 Å². The van der Waals surface area contributed by atoms with Crippen LogP contribution in [0.15, 0.2) is 64.4 Å². The van der Waals surface area contributed by atoms with Gasteiger partial charge in [-0.15, -0.1) is 11.3 Å². The Morgan fingerprint density at radius 3 is 2.87 bits per heavy atom. The van der Waals surface area contributed by atoms with Crippen LogP contribution in [0, 0.1) is 6.92 Å². The monoisotopic (exact) mass is 315 g/mol. The highest BCUT2D eigenvalue weighted by molar-refractivity contribution is 7.17. The van der Waals surface area contributed by atoms with E-state index < -0.39 is 0 Å². The van der Waals surface area contributed by atoms with Crippen molar-refractivity contribution in [1.82, 2.24) is 4.98 Å². The Kier molecular flexibility index (Phi) is 2.61. The predicted octanol–water partition coefficient (Wildman–Crippen LogP) is 6.17. The van der Waals surface area contributed by atoms with Gasteiger partial charge < -0.3 is 4.42 Å². The first-order valence-electron chi connectivity index (χ1n) is 7.56. The molecule has 3 aromatic heterocycles. The molecule has 2 aromatic carbocycles. The molecule has 23 heavy (non-hydrogen) atoms. The molecule has 0 bridgehead atoms. The fraction of sp³-hybridized carbons (Fsp3) is 0.0500. The highest BCUT2D eigenvalue weighted by Crippen LogP contribution is 2.36. The number of hydrogen-bond donors (Lipinski definition) is 0. The first-order valence-corrected chi connectivity index (χ1v) is 8.44. The molecule has 0 fully saturated rings. The molecule has 0 N–H and O–H groups in total. The molecular formula is C20H13NOS. The molecule has 110 valence electrons. The summed E-state index contributed by atoms with van der Waals surface area (Å²) >= 11 is 1.77. The van der Waals surface area contributed by atoms with Gasteiger partial charge in [0.05, 0.1) is 0 Å². The Morgan fingerprint density at radius 1 is 0.957 bits per heavy atom. The third-order valence-electron chi connectivity index (χ3n) is 4.27. The lowest BCUT2D eigenvalue weighted by atomic mass is 10.0. The Bertz CT molecular complexity index is 1180. The minimum Gasteiger partial charge on any atom is -0.437 e. The quantitative estimate of drug-likeness (QED) is 0.369. The van der Waals surface area contributed by atoms with Crippen molar-refractivity contribution in [2.45, 2.75) is 6.92 Å². The van der Waals surface area contributed by atoms with E-state index in [0.29, 0.717) is 5.71 Å². The minimum atomic E-state index is 0.712. The molecular weight excluding hydrogens is 302 g/mol. The van der Waals surface area contributed by atoms with Gasteiger partial charge in [0.25, 0.3) is 0 Å². The molecule has 0 spiro atoms. The van der Waals surface area contributed by atoms with E-state index in [2.05, 4.69) is 58.9 Å². The summed E-state index contributed by atoms with van der Waals surface area (Å²) in [5.41, 5.74) is 4.89. The normalized spacial score (nSPS) is 11.7. The fourth-order valence-electron chi connectivity index (χ4n) is 3.13. The van der Waals surface area contributed by atoms with Gasteiger partial charge in [0.2, 0.25) is 5.71 Å². The van der Waals surface area contributed by atoms with Crippen molar-refractivity contribution in [3.8, 4) is 11.1 Å². The molecule has 0 aliphatic carbocycles. The molecule has 0 aliphatic heterocycles. The van der Waals surface area contributed by atoms with Crippen LogP contribution < -0.4 is 0 Å². The summed E-state index contributed by atoms with van der Waals surface area (Å²) in [6.07, 6.45) is 0. The summed E-state index contributed by atoms with van der Waals surface area (Å²) in [6, 6.07) is 19.2. The van der Waals surface area contributed by atoms with Crippen molar-refractivity contribution in [2.24, 2.45) is 0 Å². The third-order valence-corrected chi connectivity index (χ3v) is 5.16. The molecule has 0 amide bonds. The summed E-state index contributed by atoms with van der Waals surface area (Å²) in [6.45, 7) is 1.98. The van der Waals surface area contributed by atoms with Crippen molar-refractivity contribution < 1.29 is 4.42 Å². The highest BCUT2D eigenvalue weighted by Gasteiger charge is 2.13. The Balaban J connectivity index is 1.85. The molecule has 3 heteroatoms. The zero-order chi connectivity index (χ0) is 15.4. The van der Waals surface area contributed by atoms with Crippen molar-refractivity contribution in [1.29, 1.82) is 0 Å². The van der Waals surface area contributed by atoms with Gasteiger partial charge in [-0.25, -0.2) is 4.98 Å². The number of thiophene rings is 1. The van der Waals surface area contributed by atoms with Crippen molar-refractivity contribution in [3.63, 3.8) is 0 Å². The minimum absolute atomic E-state index is 0.712. The predicted molar refractivity (Wildman–Crippen MR) is 97.1 cm³/mol. The Hall–Kier alpha value is -2.65. The van der Waals surface area contributed by atoms with Crippen LogP contribution in [0.5, 0.6) is 0 Å². The number of fused-ring (bicyclic) bond motifs is 4. The Morgan fingerprint density at radius 2 is 1.91 bits per heavy atom. The van der Waals surface area contributed by atoms with Gasteiger partial charge in [-0.1, -0.05) is 24.3 Å². The molecule has 0 saturated heterocycles. The van der Waals surface area contributed by atoms with Crippen LogP contribution in [-0.2, 0) is 0 Å². The van der Waals surface area contributed by atoms with Gasteiger partial charge >= 0.3 is 0 Å². The number of pyridine rings is 1.